The van der Waals surface area contributed by atoms with Crippen LogP contribution < -0.4 is 10.2 Å². The van der Waals surface area contributed by atoms with Gasteiger partial charge in [0.05, 0.1) is 6.20 Å². The van der Waals surface area contributed by atoms with E-state index >= 15 is 0 Å². The second-order valence-electron chi connectivity index (χ2n) is 4.86. The van der Waals surface area contributed by atoms with E-state index in [0.717, 1.165) is 24.5 Å². The molecule has 1 aliphatic heterocycles. The molecule has 4 heteroatoms. The zero-order valence-electron chi connectivity index (χ0n) is 10.5. The van der Waals surface area contributed by atoms with Crippen molar-refractivity contribution in [1.29, 1.82) is 0 Å². The molecule has 1 aliphatic rings. The molecule has 1 aromatic heterocycles. The largest absolute Gasteiger partial charge is 0.356 e. The quantitative estimate of drug-likeness (QED) is 0.873. The van der Waals surface area contributed by atoms with Crippen LogP contribution in [0.2, 0.25) is 0 Å². The van der Waals surface area contributed by atoms with E-state index in [2.05, 4.69) is 22.1 Å². The van der Waals surface area contributed by atoms with E-state index in [1.807, 2.05) is 7.05 Å². The minimum absolute atomic E-state index is 0.260. The SMILES string of the molecule is CNCc1cc(F)cnc1N1CCCC(C)C1. The van der Waals surface area contributed by atoms with Gasteiger partial charge in [0.25, 0.3) is 0 Å². The molecule has 0 aromatic carbocycles. The Morgan fingerprint density at radius 2 is 2.41 bits per heavy atom. The molecule has 0 radical (unpaired) electrons. The van der Waals surface area contributed by atoms with Crippen molar-refractivity contribution in [2.24, 2.45) is 5.92 Å². The number of pyridine rings is 1. The van der Waals surface area contributed by atoms with Gasteiger partial charge in [-0.2, -0.15) is 0 Å². The summed E-state index contributed by atoms with van der Waals surface area (Å²) in [6.07, 6.45) is 3.78. The molecule has 0 saturated carbocycles. The van der Waals surface area contributed by atoms with Gasteiger partial charge in [-0.1, -0.05) is 6.92 Å². The molecule has 1 saturated heterocycles. The lowest BCUT2D eigenvalue weighted by Crippen LogP contribution is -2.35. The van der Waals surface area contributed by atoms with Crippen LogP contribution in [0.15, 0.2) is 12.3 Å². The highest BCUT2D eigenvalue weighted by atomic mass is 19.1. The molecule has 1 atom stereocenters. The van der Waals surface area contributed by atoms with Gasteiger partial charge in [-0.25, -0.2) is 9.37 Å². The van der Waals surface area contributed by atoms with Crippen LogP contribution in [-0.2, 0) is 6.54 Å². The van der Waals surface area contributed by atoms with E-state index in [1.54, 1.807) is 6.07 Å². The van der Waals surface area contributed by atoms with E-state index < -0.39 is 0 Å². The van der Waals surface area contributed by atoms with Crippen LogP contribution in [0.25, 0.3) is 0 Å². The van der Waals surface area contributed by atoms with Crippen molar-refractivity contribution < 1.29 is 4.39 Å². The maximum Gasteiger partial charge on any atom is 0.141 e. The van der Waals surface area contributed by atoms with Gasteiger partial charge >= 0.3 is 0 Å². The Balaban J connectivity index is 2.23. The number of rotatable bonds is 3. The van der Waals surface area contributed by atoms with Crippen LogP contribution >= 0.6 is 0 Å². The van der Waals surface area contributed by atoms with E-state index in [1.165, 1.54) is 19.0 Å². The summed E-state index contributed by atoms with van der Waals surface area (Å²) < 4.78 is 13.2. The molecule has 94 valence electrons. The van der Waals surface area contributed by atoms with Gasteiger partial charge in [0, 0.05) is 25.2 Å². The third kappa shape index (κ3) is 2.94. The predicted molar refractivity (Wildman–Crippen MR) is 67.6 cm³/mol. The van der Waals surface area contributed by atoms with Gasteiger partial charge in [-0.05, 0) is 31.9 Å². The van der Waals surface area contributed by atoms with Crippen molar-refractivity contribution in [2.75, 3.05) is 25.0 Å². The first kappa shape index (κ1) is 12.3. The molecule has 3 nitrogen and oxygen atoms in total. The molecular formula is C13H20FN3. The maximum atomic E-state index is 13.2. The molecule has 0 bridgehead atoms. The molecule has 1 aromatic rings. The van der Waals surface area contributed by atoms with Crippen LogP contribution in [0, 0.1) is 11.7 Å². The third-order valence-electron chi connectivity index (χ3n) is 3.23. The Kier molecular flexibility index (Phi) is 3.94. The van der Waals surface area contributed by atoms with Crippen molar-refractivity contribution >= 4 is 5.82 Å². The Labute approximate surface area is 102 Å². The minimum atomic E-state index is -0.260. The van der Waals surface area contributed by atoms with Crippen LogP contribution in [0.3, 0.4) is 0 Å². The second kappa shape index (κ2) is 5.45. The number of halogens is 1. The number of aromatic nitrogens is 1. The van der Waals surface area contributed by atoms with Gasteiger partial charge < -0.3 is 10.2 Å². The van der Waals surface area contributed by atoms with E-state index in [-0.39, 0.29) is 5.82 Å². The monoisotopic (exact) mass is 237 g/mol. The summed E-state index contributed by atoms with van der Waals surface area (Å²) in [6, 6.07) is 1.58. The van der Waals surface area contributed by atoms with E-state index in [4.69, 9.17) is 0 Å². The van der Waals surface area contributed by atoms with Gasteiger partial charge in [0.15, 0.2) is 0 Å². The van der Waals surface area contributed by atoms with Crippen LogP contribution in [0.5, 0.6) is 0 Å². The number of hydrogen-bond donors (Lipinski definition) is 1. The molecule has 0 amide bonds. The molecule has 2 rings (SSSR count). The van der Waals surface area contributed by atoms with Gasteiger partial charge in [-0.3, -0.25) is 0 Å². The average molecular weight is 237 g/mol. The van der Waals surface area contributed by atoms with Crippen LogP contribution in [0.4, 0.5) is 10.2 Å². The molecule has 2 heterocycles. The first-order chi connectivity index (χ1) is 8.20. The molecule has 0 spiro atoms. The first-order valence-corrected chi connectivity index (χ1v) is 6.24. The smallest absolute Gasteiger partial charge is 0.141 e. The topological polar surface area (TPSA) is 28.2 Å². The Hall–Kier alpha value is -1.16. The van der Waals surface area contributed by atoms with Crippen molar-refractivity contribution in [3.63, 3.8) is 0 Å². The lowest BCUT2D eigenvalue weighted by molar-refractivity contribution is 0.443. The van der Waals surface area contributed by atoms with E-state index in [9.17, 15) is 4.39 Å². The molecule has 1 N–H and O–H groups in total. The summed E-state index contributed by atoms with van der Waals surface area (Å²) in [5.41, 5.74) is 0.946. The summed E-state index contributed by atoms with van der Waals surface area (Å²) in [5, 5.41) is 3.07. The average Bonchev–Trinajstić information content (AvgIpc) is 2.29. The molecule has 0 aliphatic carbocycles. The Morgan fingerprint density at radius 3 is 3.12 bits per heavy atom. The minimum Gasteiger partial charge on any atom is -0.356 e. The number of piperidine rings is 1. The number of nitrogens with zero attached hydrogens (tertiary/aromatic N) is 2. The summed E-state index contributed by atoms with van der Waals surface area (Å²) in [5.74, 6) is 1.37. The van der Waals surface area contributed by atoms with Crippen LogP contribution in [0.1, 0.15) is 25.3 Å². The second-order valence-corrected chi connectivity index (χ2v) is 4.86. The normalized spacial score (nSPS) is 20.6. The fourth-order valence-corrected chi connectivity index (χ4v) is 2.46. The number of nitrogens with one attached hydrogen (secondary N) is 1. The lowest BCUT2D eigenvalue weighted by Gasteiger charge is -2.33. The predicted octanol–water partition coefficient (Wildman–Crippen LogP) is 2.18. The summed E-state index contributed by atoms with van der Waals surface area (Å²) >= 11 is 0. The zero-order valence-corrected chi connectivity index (χ0v) is 10.5. The van der Waals surface area contributed by atoms with Crippen molar-refractivity contribution in [2.45, 2.75) is 26.3 Å². The number of anilines is 1. The number of hydrogen-bond acceptors (Lipinski definition) is 3. The fourth-order valence-electron chi connectivity index (χ4n) is 2.46. The summed E-state index contributed by atoms with van der Waals surface area (Å²) in [6.45, 7) is 4.97. The lowest BCUT2D eigenvalue weighted by atomic mass is 10.00. The van der Waals surface area contributed by atoms with Crippen molar-refractivity contribution in [3.8, 4) is 0 Å². The highest BCUT2D eigenvalue weighted by Gasteiger charge is 2.20. The summed E-state index contributed by atoms with van der Waals surface area (Å²) in [7, 11) is 1.87. The molecule has 1 fully saturated rings. The molecule has 1 unspecified atom stereocenters. The highest BCUT2D eigenvalue weighted by Crippen LogP contribution is 2.24. The van der Waals surface area contributed by atoms with Crippen molar-refractivity contribution in [3.05, 3.63) is 23.6 Å². The maximum absolute atomic E-state index is 13.2. The zero-order chi connectivity index (χ0) is 12.3. The van der Waals surface area contributed by atoms with Gasteiger partial charge in [0.1, 0.15) is 11.6 Å². The first-order valence-electron chi connectivity index (χ1n) is 6.24. The fraction of sp³-hybridized carbons (Fsp3) is 0.615. The Bertz CT molecular complexity index is 381. The third-order valence-corrected chi connectivity index (χ3v) is 3.23. The van der Waals surface area contributed by atoms with E-state index in [0.29, 0.717) is 12.5 Å². The van der Waals surface area contributed by atoms with Gasteiger partial charge in [-0.15, -0.1) is 0 Å². The molecular weight excluding hydrogens is 217 g/mol. The van der Waals surface area contributed by atoms with Crippen LogP contribution in [-0.4, -0.2) is 25.1 Å². The molecule has 17 heavy (non-hydrogen) atoms. The highest BCUT2D eigenvalue weighted by molar-refractivity contribution is 5.47. The van der Waals surface area contributed by atoms with Crippen molar-refractivity contribution in [1.82, 2.24) is 10.3 Å². The van der Waals surface area contributed by atoms with Gasteiger partial charge in [0.2, 0.25) is 0 Å². The summed E-state index contributed by atoms with van der Waals surface area (Å²) in [4.78, 5) is 6.54. The Morgan fingerprint density at radius 1 is 1.59 bits per heavy atom. The standard InChI is InChI=1S/C13H20FN3/c1-10-4-3-5-17(9-10)13-11(7-15-2)6-12(14)8-16-13/h6,8,10,15H,3-5,7,9H2,1-2H3.